The second-order valence-corrected chi connectivity index (χ2v) is 2.88. The molecule has 0 aliphatic heterocycles. The summed E-state index contributed by atoms with van der Waals surface area (Å²) in [7, 11) is 0. The summed E-state index contributed by atoms with van der Waals surface area (Å²) in [5.41, 5.74) is 3.46. The van der Waals surface area contributed by atoms with E-state index >= 15 is 0 Å². The molecule has 1 aromatic carbocycles. The van der Waals surface area contributed by atoms with Crippen molar-refractivity contribution in [2.75, 3.05) is 0 Å². The van der Waals surface area contributed by atoms with Crippen molar-refractivity contribution in [2.24, 2.45) is 0 Å². The summed E-state index contributed by atoms with van der Waals surface area (Å²) < 4.78 is 0. The van der Waals surface area contributed by atoms with E-state index < -0.39 is 0 Å². The predicted octanol–water partition coefficient (Wildman–Crippen LogP) is 2.51. The third-order valence-electron chi connectivity index (χ3n) is 1.94. The molecule has 2 nitrogen and oxygen atoms in total. The van der Waals surface area contributed by atoms with E-state index in [4.69, 9.17) is 5.21 Å². The van der Waals surface area contributed by atoms with E-state index in [1.807, 2.05) is 30.3 Å². The van der Waals surface area contributed by atoms with Crippen molar-refractivity contribution >= 4 is 0 Å². The minimum Gasteiger partial charge on any atom is -0.316 e. The summed E-state index contributed by atoms with van der Waals surface area (Å²) in [6.45, 7) is 2.10. The lowest BCUT2D eigenvalue weighted by Gasteiger charge is -2.13. The van der Waals surface area contributed by atoms with E-state index in [0.717, 1.165) is 18.4 Å². The maximum atomic E-state index is 8.86. The fraction of sp³-hybridized carbons (Fsp3) is 0.400. The molecule has 2 heteroatoms. The van der Waals surface area contributed by atoms with Crippen LogP contribution in [0.5, 0.6) is 0 Å². The van der Waals surface area contributed by atoms with Crippen molar-refractivity contribution in [3.8, 4) is 0 Å². The summed E-state index contributed by atoms with van der Waals surface area (Å²) in [4.78, 5) is 0. The minimum atomic E-state index is 0.0798. The molecular formula is C10H15NO. The van der Waals surface area contributed by atoms with Gasteiger partial charge in [0.2, 0.25) is 0 Å². The Morgan fingerprint density at radius 2 is 2.00 bits per heavy atom. The Hall–Kier alpha value is -0.860. The molecule has 2 N–H and O–H groups in total. The zero-order valence-corrected chi connectivity index (χ0v) is 7.33. The number of hydroxylamine groups is 1. The topological polar surface area (TPSA) is 32.3 Å². The lowest BCUT2D eigenvalue weighted by molar-refractivity contribution is 0.121. The van der Waals surface area contributed by atoms with E-state index in [0.29, 0.717) is 0 Å². The van der Waals surface area contributed by atoms with Gasteiger partial charge in [0.05, 0.1) is 6.04 Å². The Morgan fingerprint density at radius 1 is 1.33 bits per heavy atom. The van der Waals surface area contributed by atoms with E-state index in [2.05, 4.69) is 12.4 Å². The maximum absolute atomic E-state index is 8.86. The lowest BCUT2D eigenvalue weighted by atomic mass is 10.0. The Labute approximate surface area is 73.2 Å². The Balaban J connectivity index is 2.66. The van der Waals surface area contributed by atoms with Crippen molar-refractivity contribution < 1.29 is 5.21 Å². The van der Waals surface area contributed by atoms with Gasteiger partial charge in [-0.1, -0.05) is 43.7 Å². The highest BCUT2D eigenvalue weighted by Crippen LogP contribution is 2.16. The van der Waals surface area contributed by atoms with Crippen LogP contribution in [0.1, 0.15) is 31.4 Å². The molecular weight excluding hydrogens is 150 g/mol. The van der Waals surface area contributed by atoms with Crippen LogP contribution in [0, 0.1) is 0 Å². The zero-order chi connectivity index (χ0) is 8.81. The van der Waals surface area contributed by atoms with Crippen molar-refractivity contribution in [2.45, 2.75) is 25.8 Å². The molecule has 0 heterocycles. The summed E-state index contributed by atoms with van der Waals surface area (Å²) in [5, 5.41) is 8.86. The first-order valence-electron chi connectivity index (χ1n) is 4.33. The van der Waals surface area contributed by atoms with Gasteiger partial charge in [0, 0.05) is 0 Å². The molecule has 1 rings (SSSR count). The molecule has 0 amide bonds. The fourth-order valence-electron chi connectivity index (χ4n) is 1.28. The van der Waals surface area contributed by atoms with Crippen LogP contribution in [-0.4, -0.2) is 5.21 Å². The number of hydrogen-bond donors (Lipinski definition) is 2. The molecule has 0 saturated carbocycles. The van der Waals surface area contributed by atoms with Crippen LogP contribution in [0.2, 0.25) is 0 Å². The maximum Gasteiger partial charge on any atom is 0.0568 e. The van der Waals surface area contributed by atoms with E-state index in [1.165, 1.54) is 0 Å². The molecule has 0 bridgehead atoms. The Kier molecular flexibility index (Phi) is 3.77. The van der Waals surface area contributed by atoms with Gasteiger partial charge in [-0.05, 0) is 12.0 Å². The van der Waals surface area contributed by atoms with E-state index in [-0.39, 0.29) is 6.04 Å². The summed E-state index contributed by atoms with van der Waals surface area (Å²) >= 11 is 0. The van der Waals surface area contributed by atoms with Crippen LogP contribution in [-0.2, 0) is 0 Å². The SMILES string of the molecule is CCC[C@H](NO)c1ccccc1. The van der Waals surface area contributed by atoms with Crippen molar-refractivity contribution in [3.63, 3.8) is 0 Å². The fourth-order valence-corrected chi connectivity index (χ4v) is 1.28. The van der Waals surface area contributed by atoms with Gasteiger partial charge in [0.25, 0.3) is 0 Å². The first kappa shape index (κ1) is 9.23. The van der Waals surface area contributed by atoms with Crippen LogP contribution in [0.25, 0.3) is 0 Å². The van der Waals surface area contributed by atoms with Gasteiger partial charge >= 0.3 is 0 Å². The molecule has 0 radical (unpaired) electrons. The van der Waals surface area contributed by atoms with Gasteiger partial charge in [-0.2, -0.15) is 5.48 Å². The standard InChI is InChI=1S/C10H15NO/c1-2-6-10(11-12)9-7-4-3-5-8-9/h3-5,7-8,10-12H,2,6H2,1H3/t10-/m0/s1. The van der Waals surface area contributed by atoms with Crippen LogP contribution in [0.4, 0.5) is 0 Å². The average Bonchev–Trinajstić information content (AvgIpc) is 2.15. The average molecular weight is 165 g/mol. The van der Waals surface area contributed by atoms with Crippen molar-refractivity contribution in [3.05, 3.63) is 35.9 Å². The summed E-state index contributed by atoms with van der Waals surface area (Å²) in [6, 6.07) is 10.1. The largest absolute Gasteiger partial charge is 0.316 e. The Morgan fingerprint density at radius 3 is 2.50 bits per heavy atom. The number of hydrogen-bond acceptors (Lipinski definition) is 2. The van der Waals surface area contributed by atoms with E-state index in [9.17, 15) is 0 Å². The van der Waals surface area contributed by atoms with Crippen molar-refractivity contribution in [1.29, 1.82) is 0 Å². The molecule has 0 fully saturated rings. The first-order chi connectivity index (χ1) is 5.88. The van der Waals surface area contributed by atoms with Crippen LogP contribution in [0.3, 0.4) is 0 Å². The molecule has 0 aromatic heterocycles. The van der Waals surface area contributed by atoms with Crippen LogP contribution < -0.4 is 5.48 Å². The molecule has 0 spiro atoms. The molecule has 66 valence electrons. The van der Waals surface area contributed by atoms with Crippen molar-refractivity contribution in [1.82, 2.24) is 5.48 Å². The molecule has 0 saturated heterocycles. The zero-order valence-electron chi connectivity index (χ0n) is 7.33. The number of benzene rings is 1. The Bertz CT molecular complexity index is 210. The van der Waals surface area contributed by atoms with Gasteiger partial charge in [-0.25, -0.2) is 0 Å². The molecule has 0 unspecified atom stereocenters. The minimum absolute atomic E-state index is 0.0798. The first-order valence-corrected chi connectivity index (χ1v) is 4.33. The highest BCUT2D eigenvalue weighted by molar-refractivity contribution is 5.18. The van der Waals surface area contributed by atoms with Crippen LogP contribution in [0.15, 0.2) is 30.3 Å². The monoisotopic (exact) mass is 165 g/mol. The highest BCUT2D eigenvalue weighted by atomic mass is 16.5. The quantitative estimate of drug-likeness (QED) is 0.672. The number of nitrogens with one attached hydrogen (secondary N) is 1. The molecule has 12 heavy (non-hydrogen) atoms. The molecule has 0 aliphatic carbocycles. The highest BCUT2D eigenvalue weighted by Gasteiger charge is 2.06. The van der Waals surface area contributed by atoms with Gasteiger partial charge < -0.3 is 5.21 Å². The van der Waals surface area contributed by atoms with Gasteiger partial charge in [0.1, 0.15) is 0 Å². The third kappa shape index (κ3) is 2.32. The lowest BCUT2D eigenvalue weighted by Crippen LogP contribution is -2.16. The number of rotatable bonds is 4. The summed E-state index contributed by atoms with van der Waals surface area (Å²) in [5.74, 6) is 0. The van der Waals surface area contributed by atoms with Gasteiger partial charge in [0.15, 0.2) is 0 Å². The van der Waals surface area contributed by atoms with Crippen LogP contribution >= 0.6 is 0 Å². The molecule has 1 aromatic rings. The predicted molar refractivity (Wildman–Crippen MR) is 49.0 cm³/mol. The van der Waals surface area contributed by atoms with Gasteiger partial charge in [-0.15, -0.1) is 0 Å². The van der Waals surface area contributed by atoms with E-state index in [1.54, 1.807) is 0 Å². The molecule has 0 aliphatic rings. The molecule has 1 atom stereocenters. The normalized spacial score (nSPS) is 12.8. The van der Waals surface area contributed by atoms with Gasteiger partial charge in [-0.3, -0.25) is 0 Å². The smallest absolute Gasteiger partial charge is 0.0568 e. The second kappa shape index (κ2) is 4.91. The third-order valence-corrected chi connectivity index (χ3v) is 1.94. The summed E-state index contributed by atoms with van der Waals surface area (Å²) in [6.07, 6.45) is 2.02. The second-order valence-electron chi connectivity index (χ2n) is 2.88.